The molecule has 0 aliphatic rings. The van der Waals surface area contributed by atoms with E-state index >= 15 is 0 Å². The number of rotatable bonds is 5. The molecule has 2 N–H and O–H groups in total. The SMILES string of the molecule is CNC(=O)c1ccc(CNC(=O)N(C)Cc2ccc(F)cc2F)cc1. The molecule has 0 bridgehead atoms. The Labute approximate surface area is 144 Å². The number of halogens is 2. The highest BCUT2D eigenvalue weighted by atomic mass is 19.1. The number of hydrogen-bond acceptors (Lipinski definition) is 2. The van der Waals surface area contributed by atoms with Gasteiger partial charge in [0, 0.05) is 44.4 Å². The van der Waals surface area contributed by atoms with Gasteiger partial charge in [0.2, 0.25) is 0 Å². The zero-order chi connectivity index (χ0) is 18.4. The Morgan fingerprint density at radius 1 is 1.08 bits per heavy atom. The fourth-order valence-corrected chi connectivity index (χ4v) is 2.21. The monoisotopic (exact) mass is 347 g/mol. The van der Waals surface area contributed by atoms with Gasteiger partial charge in [0.05, 0.1) is 0 Å². The van der Waals surface area contributed by atoms with Gasteiger partial charge < -0.3 is 15.5 Å². The lowest BCUT2D eigenvalue weighted by atomic mass is 10.1. The first-order valence-corrected chi connectivity index (χ1v) is 7.64. The molecule has 0 atom stereocenters. The maximum Gasteiger partial charge on any atom is 0.317 e. The summed E-state index contributed by atoms with van der Waals surface area (Å²) in [5.74, 6) is -1.53. The van der Waals surface area contributed by atoms with Crippen molar-refractivity contribution in [2.75, 3.05) is 14.1 Å². The van der Waals surface area contributed by atoms with E-state index in [0.29, 0.717) is 5.56 Å². The predicted molar refractivity (Wildman–Crippen MR) is 89.9 cm³/mol. The van der Waals surface area contributed by atoms with Gasteiger partial charge in [-0.25, -0.2) is 13.6 Å². The molecule has 2 aromatic carbocycles. The number of nitrogens with one attached hydrogen (secondary N) is 2. The van der Waals surface area contributed by atoms with Crippen LogP contribution < -0.4 is 10.6 Å². The van der Waals surface area contributed by atoms with Crippen molar-refractivity contribution in [2.24, 2.45) is 0 Å². The summed E-state index contributed by atoms with van der Waals surface area (Å²) in [6.07, 6.45) is 0. The van der Waals surface area contributed by atoms with Gasteiger partial charge in [0.1, 0.15) is 11.6 Å². The minimum Gasteiger partial charge on any atom is -0.355 e. The summed E-state index contributed by atoms with van der Waals surface area (Å²) in [6, 6.07) is 9.67. The second kappa shape index (κ2) is 8.23. The third-order valence-electron chi connectivity index (χ3n) is 3.66. The van der Waals surface area contributed by atoms with Gasteiger partial charge >= 0.3 is 6.03 Å². The molecule has 0 heterocycles. The summed E-state index contributed by atoms with van der Waals surface area (Å²) in [5.41, 5.74) is 1.58. The van der Waals surface area contributed by atoms with Crippen molar-refractivity contribution in [3.63, 3.8) is 0 Å². The summed E-state index contributed by atoms with van der Waals surface area (Å²) < 4.78 is 26.5. The zero-order valence-electron chi connectivity index (χ0n) is 14.0. The molecule has 0 unspecified atom stereocenters. The van der Waals surface area contributed by atoms with Crippen LogP contribution in [0, 0.1) is 11.6 Å². The van der Waals surface area contributed by atoms with Crippen molar-refractivity contribution >= 4 is 11.9 Å². The smallest absolute Gasteiger partial charge is 0.317 e. The molecule has 132 valence electrons. The molecule has 0 radical (unpaired) electrons. The third kappa shape index (κ3) is 5.00. The van der Waals surface area contributed by atoms with Crippen LogP contribution in [0.2, 0.25) is 0 Å². The van der Waals surface area contributed by atoms with Crippen molar-refractivity contribution in [3.05, 3.63) is 70.8 Å². The number of benzene rings is 2. The van der Waals surface area contributed by atoms with E-state index in [9.17, 15) is 18.4 Å². The number of hydrogen-bond donors (Lipinski definition) is 2. The molecule has 25 heavy (non-hydrogen) atoms. The second-order valence-corrected chi connectivity index (χ2v) is 5.53. The summed E-state index contributed by atoms with van der Waals surface area (Å²) in [5, 5.41) is 5.23. The Morgan fingerprint density at radius 3 is 2.36 bits per heavy atom. The van der Waals surface area contributed by atoms with Gasteiger partial charge in [0.15, 0.2) is 0 Å². The topological polar surface area (TPSA) is 61.4 Å². The van der Waals surface area contributed by atoms with Crippen molar-refractivity contribution in [1.82, 2.24) is 15.5 Å². The molecule has 7 heteroatoms. The Morgan fingerprint density at radius 2 is 1.76 bits per heavy atom. The number of nitrogens with zero attached hydrogens (tertiary/aromatic N) is 1. The molecule has 2 rings (SSSR count). The Hall–Kier alpha value is -2.96. The fourth-order valence-electron chi connectivity index (χ4n) is 2.21. The van der Waals surface area contributed by atoms with Crippen LogP contribution in [0.15, 0.2) is 42.5 Å². The van der Waals surface area contributed by atoms with E-state index in [1.165, 1.54) is 18.0 Å². The van der Waals surface area contributed by atoms with Crippen molar-refractivity contribution in [1.29, 1.82) is 0 Å². The van der Waals surface area contributed by atoms with E-state index < -0.39 is 11.6 Å². The number of carbonyl (C=O) groups is 2. The Bertz CT molecular complexity index is 763. The Balaban J connectivity index is 1.89. The molecule has 0 saturated carbocycles. The first-order chi connectivity index (χ1) is 11.9. The molecular formula is C18H19F2N3O2. The zero-order valence-corrected chi connectivity index (χ0v) is 14.0. The van der Waals surface area contributed by atoms with Crippen molar-refractivity contribution in [3.8, 4) is 0 Å². The lowest BCUT2D eigenvalue weighted by Crippen LogP contribution is -2.36. The molecule has 0 aliphatic heterocycles. The van der Waals surface area contributed by atoms with E-state index in [-0.39, 0.29) is 30.6 Å². The molecule has 2 aromatic rings. The van der Waals surface area contributed by atoms with E-state index in [1.54, 1.807) is 31.3 Å². The molecule has 0 saturated heterocycles. The lowest BCUT2D eigenvalue weighted by molar-refractivity contribution is 0.0963. The van der Waals surface area contributed by atoms with E-state index in [4.69, 9.17) is 0 Å². The van der Waals surface area contributed by atoms with E-state index in [2.05, 4.69) is 10.6 Å². The van der Waals surface area contributed by atoms with Crippen LogP contribution in [-0.4, -0.2) is 30.9 Å². The highest BCUT2D eigenvalue weighted by molar-refractivity contribution is 5.93. The minimum atomic E-state index is -0.690. The predicted octanol–water partition coefficient (Wildman–Crippen LogP) is 2.67. The van der Waals surface area contributed by atoms with Crippen LogP contribution in [0.5, 0.6) is 0 Å². The molecular weight excluding hydrogens is 328 g/mol. The first kappa shape index (κ1) is 18.4. The van der Waals surface area contributed by atoms with Gasteiger partial charge in [-0.3, -0.25) is 4.79 Å². The molecule has 0 aliphatic carbocycles. The van der Waals surface area contributed by atoms with Crippen LogP contribution in [0.1, 0.15) is 21.5 Å². The van der Waals surface area contributed by atoms with Crippen LogP contribution in [0.3, 0.4) is 0 Å². The summed E-state index contributed by atoms with van der Waals surface area (Å²) in [4.78, 5) is 24.8. The Kier molecular flexibility index (Phi) is 6.05. The molecule has 0 spiro atoms. The molecule has 0 aromatic heterocycles. The highest BCUT2D eigenvalue weighted by Crippen LogP contribution is 2.11. The van der Waals surface area contributed by atoms with Gasteiger partial charge in [-0.2, -0.15) is 0 Å². The maximum atomic E-state index is 13.6. The summed E-state index contributed by atoms with van der Waals surface area (Å²) >= 11 is 0. The third-order valence-corrected chi connectivity index (χ3v) is 3.66. The van der Waals surface area contributed by atoms with Crippen LogP contribution in [0.25, 0.3) is 0 Å². The van der Waals surface area contributed by atoms with Gasteiger partial charge in [0.25, 0.3) is 5.91 Å². The van der Waals surface area contributed by atoms with Crippen LogP contribution >= 0.6 is 0 Å². The van der Waals surface area contributed by atoms with Crippen molar-refractivity contribution in [2.45, 2.75) is 13.1 Å². The standard InChI is InChI=1S/C18H19F2N3O2/c1-21-17(24)13-5-3-12(4-6-13)10-22-18(25)23(2)11-14-7-8-15(19)9-16(14)20/h3-9H,10-11H2,1-2H3,(H,21,24)(H,22,25). The number of carbonyl (C=O) groups excluding carboxylic acids is 2. The average Bonchev–Trinajstić information content (AvgIpc) is 2.61. The second-order valence-electron chi connectivity index (χ2n) is 5.53. The molecule has 0 fully saturated rings. The van der Waals surface area contributed by atoms with Crippen molar-refractivity contribution < 1.29 is 18.4 Å². The fraction of sp³-hybridized carbons (Fsp3) is 0.222. The average molecular weight is 347 g/mol. The van der Waals surface area contributed by atoms with Gasteiger partial charge in [-0.15, -0.1) is 0 Å². The maximum absolute atomic E-state index is 13.6. The van der Waals surface area contributed by atoms with E-state index in [0.717, 1.165) is 17.7 Å². The summed E-state index contributed by atoms with van der Waals surface area (Å²) in [7, 11) is 3.07. The first-order valence-electron chi connectivity index (χ1n) is 7.64. The normalized spacial score (nSPS) is 10.2. The van der Waals surface area contributed by atoms with E-state index in [1.807, 2.05) is 0 Å². The number of urea groups is 1. The number of amides is 3. The van der Waals surface area contributed by atoms with Gasteiger partial charge in [-0.1, -0.05) is 18.2 Å². The quantitative estimate of drug-likeness (QED) is 0.874. The highest BCUT2D eigenvalue weighted by Gasteiger charge is 2.12. The minimum absolute atomic E-state index is 0.0214. The molecule has 3 amide bonds. The lowest BCUT2D eigenvalue weighted by Gasteiger charge is -2.18. The van der Waals surface area contributed by atoms with Crippen LogP contribution in [0.4, 0.5) is 13.6 Å². The molecule has 5 nitrogen and oxygen atoms in total. The largest absolute Gasteiger partial charge is 0.355 e. The van der Waals surface area contributed by atoms with Gasteiger partial charge in [-0.05, 0) is 23.8 Å². The summed E-state index contributed by atoms with van der Waals surface area (Å²) in [6.45, 7) is 0.288. The van der Waals surface area contributed by atoms with Crippen LogP contribution in [-0.2, 0) is 13.1 Å².